The zero-order valence-electron chi connectivity index (χ0n) is 11.1. The summed E-state index contributed by atoms with van der Waals surface area (Å²) in [6, 6.07) is 4.15. The first kappa shape index (κ1) is 17.1. The van der Waals surface area contributed by atoms with Crippen molar-refractivity contribution < 1.29 is 22.6 Å². The molecule has 0 aliphatic rings. The summed E-state index contributed by atoms with van der Waals surface area (Å²) < 4.78 is 45.8. The third-order valence-electron chi connectivity index (χ3n) is 2.40. The summed E-state index contributed by atoms with van der Waals surface area (Å²) >= 11 is 3.03. The van der Waals surface area contributed by atoms with Crippen LogP contribution in [0.5, 0.6) is 11.5 Å². The number of hydrogen-bond acceptors (Lipinski definition) is 3. The minimum absolute atomic E-state index is 0.208. The predicted molar refractivity (Wildman–Crippen MR) is 74.1 cm³/mol. The summed E-state index contributed by atoms with van der Waals surface area (Å²) in [4.78, 5) is 0. The van der Waals surface area contributed by atoms with Crippen molar-refractivity contribution in [1.82, 2.24) is 5.32 Å². The van der Waals surface area contributed by atoms with Gasteiger partial charge in [0.2, 0.25) is 0 Å². The predicted octanol–water partition coefficient (Wildman–Crippen LogP) is 4.12. The molecule has 0 aliphatic carbocycles. The third kappa shape index (κ3) is 7.00. The number of ether oxygens (including phenoxy) is 2. The maximum atomic E-state index is 12.1. The fourth-order valence-corrected chi connectivity index (χ4v) is 1.94. The van der Waals surface area contributed by atoms with E-state index in [1.165, 1.54) is 18.2 Å². The van der Waals surface area contributed by atoms with E-state index in [0.717, 1.165) is 25.9 Å². The molecular weight excluding hydrogens is 339 g/mol. The molecular formula is C13H17BrF3NO2. The van der Waals surface area contributed by atoms with Gasteiger partial charge in [-0.05, 0) is 60.1 Å². The lowest BCUT2D eigenvalue weighted by molar-refractivity contribution is -0.274. The summed E-state index contributed by atoms with van der Waals surface area (Å²) in [6.45, 7) is 4.44. The number of rotatable bonds is 8. The van der Waals surface area contributed by atoms with Crippen LogP contribution < -0.4 is 14.8 Å². The van der Waals surface area contributed by atoms with Gasteiger partial charge in [0.05, 0.1) is 11.1 Å². The van der Waals surface area contributed by atoms with E-state index in [2.05, 4.69) is 26.0 Å². The van der Waals surface area contributed by atoms with E-state index in [4.69, 9.17) is 4.74 Å². The molecule has 0 saturated heterocycles. The van der Waals surface area contributed by atoms with Crippen LogP contribution >= 0.6 is 15.9 Å². The summed E-state index contributed by atoms with van der Waals surface area (Å²) in [5.74, 6) is 0.229. The maximum absolute atomic E-state index is 12.1. The Morgan fingerprint density at radius 1 is 1.25 bits per heavy atom. The third-order valence-corrected chi connectivity index (χ3v) is 3.02. The fourth-order valence-electron chi connectivity index (χ4n) is 1.50. The number of alkyl halides is 3. The molecule has 1 N–H and O–H groups in total. The molecule has 0 heterocycles. The van der Waals surface area contributed by atoms with Gasteiger partial charge < -0.3 is 14.8 Å². The lowest BCUT2D eigenvalue weighted by Gasteiger charge is -2.12. The molecule has 0 atom stereocenters. The van der Waals surface area contributed by atoms with Crippen molar-refractivity contribution in [2.75, 3.05) is 19.7 Å². The van der Waals surface area contributed by atoms with Gasteiger partial charge in [-0.1, -0.05) is 6.92 Å². The second kappa shape index (κ2) is 8.36. The molecule has 0 amide bonds. The molecule has 1 aromatic rings. The monoisotopic (exact) mass is 355 g/mol. The summed E-state index contributed by atoms with van der Waals surface area (Å²) in [7, 11) is 0. The van der Waals surface area contributed by atoms with Crippen molar-refractivity contribution in [3.05, 3.63) is 22.7 Å². The molecule has 114 valence electrons. The van der Waals surface area contributed by atoms with Crippen LogP contribution in [-0.2, 0) is 0 Å². The zero-order chi connectivity index (χ0) is 15.0. The van der Waals surface area contributed by atoms with E-state index in [9.17, 15) is 13.2 Å². The smallest absolute Gasteiger partial charge is 0.494 e. The summed E-state index contributed by atoms with van der Waals surface area (Å²) in [5.41, 5.74) is 0. The van der Waals surface area contributed by atoms with Crippen molar-refractivity contribution in [1.29, 1.82) is 0 Å². The normalized spacial score (nSPS) is 11.4. The largest absolute Gasteiger partial charge is 0.573 e. The molecule has 1 rings (SSSR count). The average Bonchev–Trinajstić information content (AvgIpc) is 2.35. The number of benzene rings is 1. The van der Waals surface area contributed by atoms with E-state index < -0.39 is 6.36 Å². The highest BCUT2D eigenvalue weighted by Crippen LogP contribution is 2.33. The molecule has 0 aromatic heterocycles. The highest BCUT2D eigenvalue weighted by molar-refractivity contribution is 9.10. The molecule has 0 radical (unpaired) electrons. The molecule has 3 nitrogen and oxygen atoms in total. The van der Waals surface area contributed by atoms with Gasteiger partial charge in [-0.2, -0.15) is 0 Å². The molecule has 1 aromatic carbocycles. The Morgan fingerprint density at radius 3 is 2.60 bits per heavy atom. The number of nitrogens with one attached hydrogen (secondary N) is 1. The minimum Gasteiger partial charge on any atom is -0.494 e. The Morgan fingerprint density at radius 2 is 2.00 bits per heavy atom. The minimum atomic E-state index is -4.70. The Bertz CT molecular complexity index is 413. The Balaban J connectivity index is 2.39. The first-order chi connectivity index (χ1) is 9.42. The van der Waals surface area contributed by atoms with Crippen molar-refractivity contribution >= 4 is 15.9 Å². The SMILES string of the molecule is CCNCCCCOc1ccc(OC(F)(F)F)c(Br)c1. The maximum Gasteiger partial charge on any atom is 0.573 e. The van der Waals surface area contributed by atoms with Gasteiger partial charge in [0.1, 0.15) is 11.5 Å². The lowest BCUT2D eigenvalue weighted by Crippen LogP contribution is -2.17. The number of halogens is 4. The molecule has 0 bridgehead atoms. The zero-order valence-corrected chi connectivity index (χ0v) is 12.7. The van der Waals surface area contributed by atoms with E-state index in [1.807, 2.05) is 6.92 Å². The van der Waals surface area contributed by atoms with Crippen molar-refractivity contribution in [3.8, 4) is 11.5 Å². The lowest BCUT2D eigenvalue weighted by atomic mass is 10.3. The van der Waals surface area contributed by atoms with Crippen molar-refractivity contribution in [2.45, 2.75) is 26.1 Å². The molecule has 0 aliphatic heterocycles. The van der Waals surface area contributed by atoms with E-state index >= 15 is 0 Å². The molecule has 0 saturated carbocycles. The highest BCUT2D eigenvalue weighted by atomic mass is 79.9. The highest BCUT2D eigenvalue weighted by Gasteiger charge is 2.31. The van der Waals surface area contributed by atoms with Gasteiger partial charge in [0, 0.05) is 0 Å². The molecule has 0 fully saturated rings. The number of hydrogen-bond donors (Lipinski definition) is 1. The first-order valence-corrected chi connectivity index (χ1v) is 7.10. The quantitative estimate of drug-likeness (QED) is 0.711. The second-order valence-electron chi connectivity index (χ2n) is 4.05. The first-order valence-electron chi connectivity index (χ1n) is 6.31. The molecule has 7 heteroatoms. The van der Waals surface area contributed by atoms with Crippen LogP contribution in [0.25, 0.3) is 0 Å². The van der Waals surface area contributed by atoms with Crippen molar-refractivity contribution in [3.63, 3.8) is 0 Å². The van der Waals surface area contributed by atoms with Gasteiger partial charge in [-0.15, -0.1) is 13.2 Å². The Kier molecular flexibility index (Phi) is 7.15. The Hall–Kier alpha value is -0.950. The van der Waals surface area contributed by atoms with Crippen LogP contribution in [0.3, 0.4) is 0 Å². The molecule has 20 heavy (non-hydrogen) atoms. The average molecular weight is 356 g/mol. The Labute approximate surface area is 124 Å². The summed E-state index contributed by atoms with van der Waals surface area (Å²) in [5, 5.41) is 3.20. The fraction of sp³-hybridized carbons (Fsp3) is 0.538. The standard InChI is InChI=1S/C13H17BrF3NO2/c1-2-18-7-3-4-8-19-10-5-6-12(11(14)9-10)20-13(15,16)17/h5-6,9,18H,2-4,7-8H2,1H3. The van der Waals surface area contributed by atoms with Gasteiger partial charge in [0.25, 0.3) is 0 Å². The van der Waals surface area contributed by atoms with Crippen LogP contribution in [0.1, 0.15) is 19.8 Å². The van der Waals surface area contributed by atoms with E-state index in [1.54, 1.807) is 0 Å². The molecule has 0 unspecified atom stereocenters. The van der Waals surface area contributed by atoms with Crippen LogP contribution in [0.2, 0.25) is 0 Å². The van der Waals surface area contributed by atoms with E-state index in [0.29, 0.717) is 12.4 Å². The van der Waals surface area contributed by atoms with Crippen LogP contribution in [-0.4, -0.2) is 26.1 Å². The second-order valence-corrected chi connectivity index (χ2v) is 4.90. The van der Waals surface area contributed by atoms with Crippen molar-refractivity contribution in [2.24, 2.45) is 0 Å². The van der Waals surface area contributed by atoms with E-state index in [-0.39, 0.29) is 10.2 Å². The van der Waals surface area contributed by atoms with Gasteiger partial charge in [-0.3, -0.25) is 0 Å². The topological polar surface area (TPSA) is 30.5 Å². The van der Waals surface area contributed by atoms with Crippen LogP contribution in [0.4, 0.5) is 13.2 Å². The number of unbranched alkanes of at least 4 members (excludes halogenated alkanes) is 1. The molecule has 0 spiro atoms. The van der Waals surface area contributed by atoms with Gasteiger partial charge in [0.15, 0.2) is 0 Å². The van der Waals surface area contributed by atoms with Crippen LogP contribution in [0.15, 0.2) is 22.7 Å². The van der Waals surface area contributed by atoms with Gasteiger partial charge in [-0.25, -0.2) is 0 Å². The summed E-state index contributed by atoms with van der Waals surface area (Å²) in [6.07, 6.45) is -2.83. The van der Waals surface area contributed by atoms with Gasteiger partial charge >= 0.3 is 6.36 Å². The van der Waals surface area contributed by atoms with Crippen LogP contribution in [0, 0.1) is 0 Å².